The Morgan fingerprint density at radius 3 is 2.95 bits per heavy atom. The summed E-state index contributed by atoms with van der Waals surface area (Å²) < 4.78 is 13.8. The van der Waals surface area contributed by atoms with Gasteiger partial charge in [0.05, 0.1) is 11.1 Å². The van der Waals surface area contributed by atoms with Crippen LogP contribution in [-0.4, -0.2) is 16.8 Å². The first-order valence-electron chi connectivity index (χ1n) is 6.79. The lowest BCUT2D eigenvalue weighted by molar-refractivity contribution is 0.0868. The number of hydrogen-bond acceptors (Lipinski definition) is 1. The van der Waals surface area contributed by atoms with Crippen LogP contribution in [0, 0.1) is 15.3 Å². The summed E-state index contributed by atoms with van der Waals surface area (Å²) in [6, 6.07) is 4.28. The van der Waals surface area contributed by atoms with Gasteiger partial charge < -0.3 is 5.32 Å². The topological polar surface area (TPSA) is 29.1 Å². The van der Waals surface area contributed by atoms with Gasteiger partial charge >= 0.3 is 0 Å². The van der Waals surface area contributed by atoms with E-state index in [1.54, 1.807) is 6.07 Å². The van der Waals surface area contributed by atoms with E-state index in [-0.39, 0.29) is 17.3 Å². The van der Waals surface area contributed by atoms with Crippen LogP contribution in [-0.2, 0) is 0 Å². The number of hydrogen-bond donors (Lipinski definition) is 1. The summed E-state index contributed by atoms with van der Waals surface area (Å²) >= 11 is 5.55. The Balaban J connectivity index is 2.16. The van der Waals surface area contributed by atoms with E-state index in [2.05, 4.69) is 28.2 Å². The molecule has 0 radical (unpaired) electrons. The molecule has 20 heavy (non-hydrogen) atoms. The fraction of sp³-hybridized carbons (Fsp3) is 0.533. The molecule has 2 atom stereocenters. The van der Waals surface area contributed by atoms with Gasteiger partial charge in [-0.2, -0.15) is 0 Å². The number of alkyl halides is 1. The molecule has 1 aromatic rings. The lowest BCUT2D eigenvalue weighted by Gasteiger charge is -2.39. The number of amides is 1. The van der Waals surface area contributed by atoms with Crippen LogP contribution < -0.4 is 5.32 Å². The van der Waals surface area contributed by atoms with E-state index in [0.717, 1.165) is 24.6 Å². The van der Waals surface area contributed by atoms with Crippen LogP contribution in [0.3, 0.4) is 0 Å². The molecule has 2 unspecified atom stereocenters. The van der Waals surface area contributed by atoms with Crippen LogP contribution in [0.5, 0.6) is 0 Å². The summed E-state index contributed by atoms with van der Waals surface area (Å²) in [6.45, 7) is 2.23. The molecule has 0 bridgehead atoms. The van der Waals surface area contributed by atoms with Crippen molar-refractivity contribution in [3.63, 3.8) is 0 Å². The maximum absolute atomic E-state index is 13.1. The minimum atomic E-state index is -0.313. The molecular formula is C15H18BrFINO. The minimum Gasteiger partial charge on any atom is -0.346 e. The highest BCUT2D eigenvalue weighted by atomic mass is 127. The van der Waals surface area contributed by atoms with Crippen molar-refractivity contribution in [2.45, 2.75) is 38.1 Å². The fourth-order valence-electron chi connectivity index (χ4n) is 2.91. The maximum atomic E-state index is 13.1. The fourth-order valence-corrected chi connectivity index (χ4v) is 4.28. The average molecular weight is 454 g/mol. The number of rotatable bonds is 3. The van der Waals surface area contributed by atoms with Crippen molar-refractivity contribution in [3.05, 3.63) is 33.1 Å². The number of halogens is 3. The van der Waals surface area contributed by atoms with E-state index in [9.17, 15) is 9.18 Å². The number of carbonyl (C=O) groups excluding carboxylic acids is 1. The van der Waals surface area contributed by atoms with Crippen molar-refractivity contribution in [1.82, 2.24) is 5.32 Å². The quantitative estimate of drug-likeness (QED) is 0.529. The standard InChI is InChI=1S/C15H18BrFINO/c1-10-3-2-6-15(8-10,9-16)19-14(20)12-5-4-11(17)7-13(12)18/h4-5,7,10H,2-3,6,8-9H2,1H3,(H,19,20). The molecule has 0 aliphatic heterocycles. The lowest BCUT2D eigenvalue weighted by Crippen LogP contribution is -2.52. The predicted octanol–water partition coefficient (Wildman–Crippen LogP) is 4.50. The molecular weight excluding hydrogens is 436 g/mol. The van der Waals surface area contributed by atoms with Gasteiger partial charge in [-0.3, -0.25) is 4.79 Å². The highest BCUT2D eigenvalue weighted by molar-refractivity contribution is 14.1. The van der Waals surface area contributed by atoms with Gasteiger partial charge in [-0.15, -0.1) is 0 Å². The van der Waals surface area contributed by atoms with E-state index in [4.69, 9.17) is 0 Å². The van der Waals surface area contributed by atoms with Gasteiger partial charge in [0, 0.05) is 8.90 Å². The number of nitrogens with one attached hydrogen (secondary N) is 1. The second-order valence-corrected chi connectivity index (χ2v) is 7.42. The molecule has 1 aliphatic carbocycles. The molecule has 2 rings (SSSR count). The van der Waals surface area contributed by atoms with Crippen molar-refractivity contribution < 1.29 is 9.18 Å². The van der Waals surface area contributed by atoms with Gasteiger partial charge in [0.25, 0.3) is 5.91 Å². The van der Waals surface area contributed by atoms with Gasteiger partial charge in [-0.05, 0) is 59.5 Å². The zero-order chi connectivity index (χ0) is 14.8. The summed E-state index contributed by atoms with van der Waals surface area (Å²) in [5.41, 5.74) is 0.372. The summed E-state index contributed by atoms with van der Waals surface area (Å²) in [4.78, 5) is 12.5. The Labute approximate surface area is 141 Å². The second kappa shape index (κ2) is 6.73. The Bertz CT molecular complexity index is 511. The van der Waals surface area contributed by atoms with Crippen molar-refractivity contribution in [2.75, 3.05) is 5.33 Å². The molecule has 1 amide bonds. The first kappa shape index (κ1) is 16.2. The van der Waals surface area contributed by atoms with Crippen LogP contribution in [0.2, 0.25) is 0 Å². The molecule has 0 aromatic heterocycles. The normalized spacial score (nSPS) is 26.3. The van der Waals surface area contributed by atoms with Crippen LogP contribution in [0.25, 0.3) is 0 Å². The SMILES string of the molecule is CC1CCCC(CBr)(NC(=O)c2ccc(F)cc2I)C1. The van der Waals surface area contributed by atoms with E-state index < -0.39 is 0 Å². The van der Waals surface area contributed by atoms with E-state index in [0.29, 0.717) is 15.1 Å². The molecule has 0 heterocycles. The Morgan fingerprint density at radius 2 is 2.35 bits per heavy atom. The number of benzene rings is 1. The van der Waals surface area contributed by atoms with Crippen LogP contribution in [0.1, 0.15) is 43.0 Å². The van der Waals surface area contributed by atoms with Crippen molar-refractivity contribution in [3.8, 4) is 0 Å². The van der Waals surface area contributed by atoms with Gasteiger partial charge in [0.2, 0.25) is 0 Å². The van der Waals surface area contributed by atoms with Crippen molar-refractivity contribution in [1.29, 1.82) is 0 Å². The highest BCUT2D eigenvalue weighted by Crippen LogP contribution is 2.34. The molecule has 1 aromatic carbocycles. The summed E-state index contributed by atoms with van der Waals surface area (Å²) in [6.07, 6.45) is 4.33. The van der Waals surface area contributed by atoms with Gasteiger partial charge in [0.1, 0.15) is 5.82 Å². The smallest absolute Gasteiger partial charge is 0.252 e. The highest BCUT2D eigenvalue weighted by Gasteiger charge is 2.35. The molecule has 5 heteroatoms. The van der Waals surface area contributed by atoms with Gasteiger partial charge in [0.15, 0.2) is 0 Å². The summed E-state index contributed by atoms with van der Waals surface area (Å²) in [7, 11) is 0. The zero-order valence-electron chi connectivity index (χ0n) is 11.4. The first-order valence-corrected chi connectivity index (χ1v) is 8.99. The lowest BCUT2D eigenvalue weighted by atomic mass is 9.77. The molecule has 1 aliphatic rings. The third kappa shape index (κ3) is 3.72. The number of carbonyl (C=O) groups is 1. The third-order valence-electron chi connectivity index (χ3n) is 3.90. The van der Waals surface area contributed by atoms with Crippen molar-refractivity contribution >= 4 is 44.4 Å². The van der Waals surface area contributed by atoms with Crippen LogP contribution >= 0.6 is 38.5 Å². The molecule has 2 nitrogen and oxygen atoms in total. The maximum Gasteiger partial charge on any atom is 0.252 e. The van der Waals surface area contributed by atoms with E-state index in [1.807, 2.05) is 22.6 Å². The molecule has 0 saturated heterocycles. The molecule has 110 valence electrons. The van der Waals surface area contributed by atoms with Crippen molar-refractivity contribution in [2.24, 2.45) is 5.92 Å². The Kier molecular flexibility index (Phi) is 5.45. The molecule has 0 spiro atoms. The Morgan fingerprint density at radius 1 is 1.60 bits per heavy atom. The minimum absolute atomic E-state index is 0.108. The third-order valence-corrected chi connectivity index (χ3v) is 5.87. The Hall–Kier alpha value is -0.170. The van der Waals surface area contributed by atoms with E-state index in [1.165, 1.54) is 18.6 Å². The van der Waals surface area contributed by atoms with E-state index >= 15 is 0 Å². The largest absolute Gasteiger partial charge is 0.346 e. The average Bonchev–Trinajstić information content (AvgIpc) is 2.38. The molecule has 1 N–H and O–H groups in total. The molecule has 1 fully saturated rings. The first-order chi connectivity index (χ1) is 9.46. The predicted molar refractivity (Wildman–Crippen MR) is 90.7 cm³/mol. The zero-order valence-corrected chi connectivity index (χ0v) is 15.1. The van der Waals surface area contributed by atoms with Gasteiger partial charge in [-0.1, -0.05) is 35.7 Å². The summed E-state index contributed by atoms with van der Waals surface area (Å²) in [5, 5.41) is 3.93. The summed E-state index contributed by atoms with van der Waals surface area (Å²) in [5.74, 6) is 0.198. The molecule has 1 saturated carbocycles. The van der Waals surface area contributed by atoms with Crippen LogP contribution in [0.15, 0.2) is 18.2 Å². The second-order valence-electron chi connectivity index (χ2n) is 5.69. The van der Waals surface area contributed by atoms with Gasteiger partial charge in [-0.25, -0.2) is 4.39 Å². The monoisotopic (exact) mass is 453 g/mol. The van der Waals surface area contributed by atoms with Crippen LogP contribution in [0.4, 0.5) is 4.39 Å².